The van der Waals surface area contributed by atoms with E-state index in [1.165, 1.54) is 63.7 Å². The Morgan fingerprint density at radius 3 is 2.70 bits per heavy atom. The maximum Gasteiger partial charge on any atom is 0.242 e. The van der Waals surface area contributed by atoms with E-state index in [9.17, 15) is 13.2 Å². The number of carbonyl (C=O) groups excluding carboxylic acids is 1. The number of amides is 1. The van der Waals surface area contributed by atoms with E-state index in [0.717, 1.165) is 22.1 Å². The predicted molar refractivity (Wildman–Crippen MR) is 118 cm³/mol. The fourth-order valence-electron chi connectivity index (χ4n) is 3.46. The number of benzene rings is 1. The summed E-state index contributed by atoms with van der Waals surface area (Å²) in [6.45, 7) is 3.60. The fraction of sp³-hybridized carbons (Fsp3) is 0.550. The second-order valence-electron chi connectivity index (χ2n) is 7.93. The number of thioether (sulfide) groups is 1. The number of anilines is 1. The normalized spacial score (nSPS) is 16.2. The third-order valence-electron chi connectivity index (χ3n) is 5.36. The Kier molecular flexibility index (Phi) is 7.20. The molecule has 10 heteroatoms. The van der Waals surface area contributed by atoms with Crippen molar-refractivity contribution in [1.82, 2.24) is 19.5 Å². The van der Waals surface area contributed by atoms with Gasteiger partial charge in [0.2, 0.25) is 21.1 Å². The number of aromatic nitrogens is 3. The first-order valence-electron chi connectivity index (χ1n) is 10.1. The molecule has 0 bridgehead atoms. The Hall–Kier alpha value is -1.91. The number of nitrogens with one attached hydrogen (secondary N) is 2. The van der Waals surface area contributed by atoms with E-state index in [4.69, 9.17) is 0 Å². The van der Waals surface area contributed by atoms with Gasteiger partial charge in [0, 0.05) is 26.2 Å². The van der Waals surface area contributed by atoms with Gasteiger partial charge in [-0.05, 0) is 37.5 Å². The first-order valence-corrected chi connectivity index (χ1v) is 12.4. The van der Waals surface area contributed by atoms with Crippen LogP contribution in [0.2, 0.25) is 0 Å². The SMILES string of the molecule is Cc1ccc(S(=O)(=O)N(C)C)cc1NC(=O)C(C)Sc1n[nH]c(CC2CCCC2)n1. The number of carbonyl (C=O) groups is 1. The molecule has 0 spiro atoms. The molecule has 0 radical (unpaired) electrons. The number of hydrogen-bond donors (Lipinski definition) is 2. The molecule has 1 saturated carbocycles. The molecule has 1 atom stereocenters. The van der Waals surface area contributed by atoms with Crippen molar-refractivity contribution in [3.05, 3.63) is 29.6 Å². The van der Waals surface area contributed by atoms with Crippen LogP contribution in [0, 0.1) is 12.8 Å². The minimum atomic E-state index is -3.58. The summed E-state index contributed by atoms with van der Waals surface area (Å²) in [5.41, 5.74) is 1.27. The molecule has 2 aromatic rings. The lowest BCUT2D eigenvalue weighted by Crippen LogP contribution is -2.24. The molecule has 1 aliphatic carbocycles. The largest absolute Gasteiger partial charge is 0.325 e. The van der Waals surface area contributed by atoms with E-state index in [1.54, 1.807) is 13.0 Å². The molecule has 30 heavy (non-hydrogen) atoms. The third kappa shape index (κ3) is 5.41. The molecule has 164 valence electrons. The molecule has 0 aliphatic heterocycles. The highest BCUT2D eigenvalue weighted by molar-refractivity contribution is 8.00. The summed E-state index contributed by atoms with van der Waals surface area (Å²) in [5.74, 6) is 1.31. The molecular weight excluding hydrogens is 422 g/mol. The molecule has 1 amide bonds. The molecule has 8 nitrogen and oxygen atoms in total. The predicted octanol–water partition coefficient (Wildman–Crippen LogP) is 3.22. The summed E-state index contributed by atoms with van der Waals surface area (Å²) < 4.78 is 25.9. The lowest BCUT2D eigenvalue weighted by atomic mass is 10.0. The lowest BCUT2D eigenvalue weighted by molar-refractivity contribution is -0.115. The third-order valence-corrected chi connectivity index (χ3v) is 8.14. The van der Waals surface area contributed by atoms with Crippen molar-refractivity contribution in [2.45, 2.75) is 61.3 Å². The Bertz CT molecular complexity index is 998. The second kappa shape index (κ2) is 9.49. The van der Waals surface area contributed by atoms with Gasteiger partial charge in [-0.1, -0.05) is 43.5 Å². The molecule has 3 rings (SSSR count). The molecule has 1 heterocycles. The quantitative estimate of drug-likeness (QED) is 0.597. The van der Waals surface area contributed by atoms with Crippen LogP contribution >= 0.6 is 11.8 Å². The fourth-order valence-corrected chi connectivity index (χ4v) is 5.13. The van der Waals surface area contributed by atoms with Gasteiger partial charge in [-0.15, -0.1) is 5.10 Å². The summed E-state index contributed by atoms with van der Waals surface area (Å²) in [6.07, 6.45) is 5.95. The number of H-pyrrole nitrogens is 1. The standard InChI is InChI=1S/C20H29N5O3S2/c1-13-9-10-16(30(27,28)25(3)4)12-17(13)21-19(26)14(2)29-20-22-18(23-24-20)11-15-7-5-6-8-15/h9-10,12,14-15H,5-8,11H2,1-4H3,(H,21,26)(H,22,23,24). The summed E-state index contributed by atoms with van der Waals surface area (Å²) in [4.78, 5) is 17.3. The monoisotopic (exact) mass is 451 g/mol. The van der Waals surface area contributed by atoms with Crippen LogP contribution < -0.4 is 5.32 Å². The van der Waals surface area contributed by atoms with Gasteiger partial charge in [-0.3, -0.25) is 9.89 Å². The first-order chi connectivity index (χ1) is 14.2. The maximum absolute atomic E-state index is 12.7. The van der Waals surface area contributed by atoms with Crippen LogP contribution in [0.5, 0.6) is 0 Å². The molecule has 1 unspecified atom stereocenters. The van der Waals surface area contributed by atoms with Crippen LogP contribution in [0.3, 0.4) is 0 Å². The van der Waals surface area contributed by atoms with Crippen molar-refractivity contribution in [3.63, 3.8) is 0 Å². The number of aryl methyl sites for hydroxylation is 1. The van der Waals surface area contributed by atoms with E-state index >= 15 is 0 Å². The van der Waals surface area contributed by atoms with Crippen LogP contribution in [0.1, 0.15) is 44.0 Å². The van der Waals surface area contributed by atoms with Crippen LogP contribution in [0.15, 0.2) is 28.3 Å². The minimum absolute atomic E-state index is 0.138. The van der Waals surface area contributed by atoms with Crippen molar-refractivity contribution in [2.24, 2.45) is 5.92 Å². The molecule has 2 N–H and O–H groups in total. The summed E-state index contributed by atoms with van der Waals surface area (Å²) in [6, 6.07) is 4.72. The van der Waals surface area contributed by atoms with Gasteiger partial charge in [0.1, 0.15) is 5.82 Å². The molecule has 1 aromatic carbocycles. The summed E-state index contributed by atoms with van der Waals surface area (Å²) in [7, 11) is -0.623. The molecule has 0 saturated heterocycles. The zero-order valence-corrected chi connectivity index (χ0v) is 19.4. The topological polar surface area (TPSA) is 108 Å². The van der Waals surface area contributed by atoms with Crippen molar-refractivity contribution in [3.8, 4) is 0 Å². The smallest absolute Gasteiger partial charge is 0.242 e. The van der Waals surface area contributed by atoms with Crippen molar-refractivity contribution >= 4 is 33.4 Å². The highest BCUT2D eigenvalue weighted by Gasteiger charge is 2.22. The van der Waals surface area contributed by atoms with Crippen molar-refractivity contribution in [2.75, 3.05) is 19.4 Å². The van der Waals surface area contributed by atoms with E-state index in [0.29, 0.717) is 16.8 Å². The van der Waals surface area contributed by atoms with Gasteiger partial charge in [0.15, 0.2) is 0 Å². The average molecular weight is 452 g/mol. The average Bonchev–Trinajstić information content (AvgIpc) is 3.35. The van der Waals surface area contributed by atoms with Gasteiger partial charge in [0.25, 0.3) is 0 Å². The van der Waals surface area contributed by atoms with Crippen LogP contribution in [-0.2, 0) is 21.2 Å². The zero-order valence-electron chi connectivity index (χ0n) is 17.8. The molecule has 1 aliphatic rings. The highest BCUT2D eigenvalue weighted by Crippen LogP contribution is 2.28. The van der Waals surface area contributed by atoms with Crippen molar-refractivity contribution < 1.29 is 13.2 Å². The van der Waals surface area contributed by atoms with Crippen LogP contribution in [0.4, 0.5) is 5.69 Å². The lowest BCUT2D eigenvalue weighted by Gasteiger charge is -2.15. The first kappa shape index (κ1) is 22.8. The Labute approximate surface area is 182 Å². The van der Waals surface area contributed by atoms with Gasteiger partial charge in [0.05, 0.1) is 10.1 Å². The zero-order chi connectivity index (χ0) is 21.9. The molecule has 1 fully saturated rings. The molecular formula is C20H29N5O3S2. The Balaban J connectivity index is 1.64. The maximum atomic E-state index is 12.7. The Morgan fingerprint density at radius 2 is 2.03 bits per heavy atom. The highest BCUT2D eigenvalue weighted by atomic mass is 32.2. The second-order valence-corrected chi connectivity index (χ2v) is 11.4. The number of sulfonamides is 1. The van der Waals surface area contributed by atoms with Crippen molar-refractivity contribution in [1.29, 1.82) is 0 Å². The summed E-state index contributed by atoms with van der Waals surface area (Å²) >= 11 is 1.28. The number of hydrogen-bond acceptors (Lipinski definition) is 6. The van der Waals surface area contributed by atoms with Gasteiger partial charge < -0.3 is 5.32 Å². The van der Waals surface area contributed by atoms with Crippen LogP contribution in [-0.4, -0.2) is 53.2 Å². The Morgan fingerprint density at radius 1 is 1.33 bits per heavy atom. The number of rotatable bonds is 8. The van der Waals surface area contributed by atoms with Gasteiger partial charge in [-0.25, -0.2) is 17.7 Å². The van der Waals surface area contributed by atoms with Gasteiger partial charge >= 0.3 is 0 Å². The van der Waals surface area contributed by atoms with E-state index in [2.05, 4.69) is 20.5 Å². The number of nitrogens with zero attached hydrogens (tertiary/aromatic N) is 3. The van der Waals surface area contributed by atoms with Crippen LogP contribution in [0.25, 0.3) is 0 Å². The number of aromatic amines is 1. The van der Waals surface area contributed by atoms with E-state index < -0.39 is 15.3 Å². The van der Waals surface area contributed by atoms with Gasteiger partial charge in [-0.2, -0.15) is 0 Å². The summed E-state index contributed by atoms with van der Waals surface area (Å²) in [5, 5.41) is 10.2. The van der Waals surface area contributed by atoms with E-state index in [1.807, 2.05) is 6.92 Å². The minimum Gasteiger partial charge on any atom is -0.325 e. The molecule has 1 aromatic heterocycles. The van der Waals surface area contributed by atoms with E-state index in [-0.39, 0.29) is 10.8 Å².